The molecule has 0 aliphatic carbocycles. The maximum atomic E-state index is 11.1. The first kappa shape index (κ1) is 14.8. The molecule has 0 amide bonds. The summed E-state index contributed by atoms with van der Waals surface area (Å²) in [6.07, 6.45) is 1.74. The molecule has 0 unspecified atom stereocenters. The zero-order valence-corrected chi connectivity index (χ0v) is 11.8. The van der Waals surface area contributed by atoms with Crippen LogP contribution in [0.5, 0.6) is 0 Å². The highest BCUT2D eigenvalue weighted by Gasteiger charge is 2.22. The van der Waals surface area contributed by atoms with Gasteiger partial charge in [0.2, 0.25) is 0 Å². The van der Waals surface area contributed by atoms with Gasteiger partial charge in [-0.25, -0.2) is 4.79 Å². The second-order valence-corrected chi connectivity index (χ2v) is 5.95. The van der Waals surface area contributed by atoms with Crippen LogP contribution in [0.15, 0.2) is 17.0 Å². The molecule has 0 bridgehead atoms. The molecule has 7 heteroatoms. The predicted molar refractivity (Wildman–Crippen MR) is 74.5 cm³/mol. The summed E-state index contributed by atoms with van der Waals surface area (Å²) in [7, 11) is 0. The Bertz CT molecular complexity index is 540. The van der Waals surface area contributed by atoms with Crippen LogP contribution in [-0.4, -0.2) is 34.5 Å². The third kappa shape index (κ3) is 3.29. The molecule has 0 atom stereocenters. The number of ether oxygens (including phenoxy) is 1. The van der Waals surface area contributed by atoms with Gasteiger partial charge in [-0.15, -0.1) is 11.8 Å². The first-order chi connectivity index (χ1) is 9.49. The molecule has 108 valence electrons. The van der Waals surface area contributed by atoms with Crippen molar-refractivity contribution < 1.29 is 19.6 Å². The van der Waals surface area contributed by atoms with Crippen LogP contribution in [-0.2, 0) is 4.74 Å². The van der Waals surface area contributed by atoms with E-state index in [1.54, 1.807) is 6.92 Å². The van der Waals surface area contributed by atoms with Crippen molar-refractivity contribution in [2.75, 3.05) is 13.2 Å². The average Bonchev–Trinajstić information content (AvgIpc) is 2.41. The van der Waals surface area contributed by atoms with Gasteiger partial charge in [-0.2, -0.15) is 0 Å². The van der Waals surface area contributed by atoms with Crippen molar-refractivity contribution in [3.63, 3.8) is 0 Å². The summed E-state index contributed by atoms with van der Waals surface area (Å²) in [5, 5.41) is 20.4. The molecular formula is C13H15NO5S. The highest BCUT2D eigenvalue weighted by atomic mass is 32.2. The van der Waals surface area contributed by atoms with Gasteiger partial charge in [0.05, 0.1) is 10.5 Å². The highest BCUT2D eigenvalue weighted by molar-refractivity contribution is 8.00. The molecule has 2 rings (SSSR count). The lowest BCUT2D eigenvalue weighted by Crippen LogP contribution is -2.17. The van der Waals surface area contributed by atoms with E-state index in [4.69, 9.17) is 9.84 Å². The van der Waals surface area contributed by atoms with Gasteiger partial charge in [-0.1, -0.05) is 0 Å². The van der Waals surface area contributed by atoms with Crippen molar-refractivity contribution >= 4 is 23.4 Å². The highest BCUT2D eigenvalue weighted by Crippen LogP contribution is 2.36. The first-order valence-electron chi connectivity index (χ1n) is 6.25. The summed E-state index contributed by atoms with van der Waals surface area (Å²) in [6.45, 7) is 3.01. The molecule has 0 spiro atoms. The zero-order chi connectivity index (χ0) is 14.7. The van der Waals surface area contributed by atoms with Crippen LogP contribution < -0.4 is 0 Å². The van der Waals surface area contributed by atoms with Gasteiger partial charge in [0.25, 0.3) is 5.69 Å². The molecule has 1 aliphatic heterocycles. The molecule has 1 aromatic carbocycles. The maximum absolute atomic E-state index is 11.1. The third-order valence-corrected chi connectivity index (χ3v) is 4.72. The molecule has 1 aliphatic rings. The van der Waals surface area contributed by atoms with E-state index < -0.39 is 10.9 Å². The second-order valence-electron chi connectivity index (χ2n) is 4.61. The number of nitro groups is 1. The van der Waals surface area contributed by atoms with Crippen LogP contribution in [0.2, 0.25) is 0 Å². The molecule has 0 aromatic heterocycles. The molecule has 1 saturated heterocycles. The monoisotopic (exact) mass is 297 g/mol. The SMILES string of the molecule is Cc1c(SC2CCOCC2)cc(C(=O)O)cc1[N+](=O)[O-]. The van der Waals surface area contributed by atoms with Gasteiger partial charge in [0.15, 0.2) is 0 Å². The predicted octanol–water partition coefficient (Wildman–Crippen LogP) is 2.87. The van der Waals surface area contributed by atoms with Gasteiger partial charge < -0.3 is 9.84 Å². The molecule has 1 N–H and O–H groups in total. The summed E-state index contributed by atoms with van der Waals surface area (Å²) in [5.74, 6) is -1.15. The Morgan fingerprint density at radius 1 is 1.45 bits per heavy atom. The van der Waals surface area contributed by atoms with E-state index in [1.807, 2.05) is 0 Å². The lowest BCUT2D eigenvalue weighted by Gasteiger charge is -2.22. The number of hydrogen-bond donors (Lipinski definition) is 1. The van der Waals surface area contributed by atoms with Crippen LogP contribution in [0.1, 0.15) is 28.8 Å². The van der Waals surface area contributed by atoms with Gasteiger partial charge >= 0.3 is 5.97 Å². The van der Waals surface area contributed by atoms with Crippen molar-refractivity contribution in [3.05, 3.63) is 33.4 Å². The number of rotatable bonds is 4. The Hall–Kier alpha value is -1.60. The largest absolute Gasteiger partial charge is 0.478 e. The zero-order valence-electron chi connectivity index (χ0n) is 11.0. The fraction of sp³-hybridized carbons (Fsp3) is 0.462. The molecule has 1 aromatic rings. The van der Waals surface area contributed by atoms with Crippen LogP contribution in [0.25, 0.3) is 0 Å². The summed E-state index contributed by atoms with van der Waals surface area (Å²) in [4.78, 5) is 22.2. The standard InChI is InChI=1S/C13H15NO5S/c1-8-11(14(17)18)6-9(13(15)16)7-12(8)20-10-2-4-19-5-3-10/h6-7,10H,2-5H2,1H3,(H,15,16). The van der Waals surface area contributed by atoms with Crippen molar-refractivity contribution in [1.82, 2.24) is 0 Å². The molecule has 6 nitrogen and oxygen atoms in total. The van der Waals surface area contributed by atoms with E-state index in [0.717, 1.165) is 18.9 Å². The number of thioether (sulfide) groups is 1. The van der Waals surface area contributed by atoms with Crippen molar-refractivity contribution in [1.29, 1.82) is 0 Å². The van der Waals surface area contributed by atoms with Crippen LogP contribution in [0, 0.1) is 17.0 Å². The van der Waals surface area contributed by atoms with Crippen LogP contribution in [0.4, 0.5) is 5.69 Å². The molecule has 0 radical (unpaired) electrons. The number of carboxylic acid groups (broad SMARTS) is 1. The lowest BCUT2D eigenvalue weighted by molar-refractivity contribution is -0.385. The van der Waals surface area contributed by atoms with Gasteiger partial charge in [-0.05, 0) is 25.8 Å². The quantitative estimate of drug-likeness (QED) is 0.679. The fourth-order valence-electron chi connectivity index (χ4n) is 2.08. The topological polar surface area (TPSA) is 89.7 Å². The summed E-state index contributed by atoms with van der Waals surface area (Å²) < 4.78 is 5.28. The molecule has 0 saturated carbocycles. The average molecular weight is 297 g/mol. The van der Waals surface area contributed by atoms with Crippen LogP contribution in [0.3, 0.4) is 0 Å². The van der Waals surface area contributed by atoms with Gasteiger partial charge in [0, 0.05) is 35.0 Å². The van der Waals surface area contributed by atoms with E-state index in [2.05, 4.69) is 0 Å². The van der Waals surface area contributed by atoms with Gasteiger partial charge in [0.1, 0.15) is 0 Å². The lowest BCUT2D eigenvalue weighted by atomic mass is 10.1. The number of aromatic carboxylic acids is 1. The van der Waals surface area contributed by atoms with E-state index >= 15 is 0 Å². The van der Waals surface area contributed by atoms with Crippen LogP contribution >= 0.6 is 11.8 Å². The fourth-order valence-corrected chi connectivity index (χ4v) is 3.35. The minimum absolute atomic E-state index is 0.0446. The normalized spacial score (nSPS) is 16.1. The summed E-state index contributed by atoms with van der Waals surface area (Å²) in [6, 6.07) is 2.64. The number of carbonyl (C=O) groups is 1. The Kier molecular flexibility index (Phi) is 4.61. The third-order valence-electron chi connectivity index (χ3n) is 3.24. The minimum atomic E-state index is -1.15. The molecule has 20 heavy (non-hydrogen) atoms. The summed E-state index contributed by atoms with van der Waals surface area (Å²) in [5.41, 5.74) is 0.341. The number of carboxylic acids is 1. The Balaban J connectivity index is 2.34. The number of nitro benzene ring substituents is 1. The van der Waals surface area contributed by atoms with Crippen molar-refractivity contribution in [2.24, 2.45) is 0 Å². The van der Waals surface area contributed by atoms with E-state index in [-0.39, 0.29) is 11.3 Å². The number of benzene rings is 1. The van der Waals surface area contributed by atoms with Gasteiger partial charge in [-0.3, -0.25) is 10.1 Å². The molecule has 1 heterocycles. The Morgan fingerprint density at radius 2 is 2.10 bits per heavy atom. The summed E-state index contributed by atoms with van der Waals surface area (Å²) >= 11 is 1.51. The first-order valence-corrected chi connectivity index (χ1v) is 7.13. The molecular weight excluding hydrogens is 282 g/mol. The molecule has 1 fully saturated rings. The van der Waals surface area contributed by atoms with E-state index in [0.29, 0.717) is 28.9 Å². The smallest absolute Gasteiger partial charge is 0.335 e. The van der Waals surface area contributed by atoms with Crippen molar-refractivity contribution in [2.45, 2.75) is 29.9 Å². The Morgan fingerprint density at radius 3 is 2.65 bits per heavy atom. The maximum Gasteiger partial charge on any atom is 0.335 e. The number of nitrogens with zero attached hydrogens (tertiary/aromatic N) is 1. The van der Waals surface area contributed by atoms with E-state index in [1.165, 1.54) is 17.8 Å². The second kappa shape index (κ2) is 6.23. The van der Waals surface area contributed by atoms with Crippen molar-refractivity contribution in [3.8, 4) is 0 Å². The van der Waals surface area contributed by atoms with E-state index in [9.17, 15) is 14.9 Å². The minimum Gasteiger partial charge on any atom is -0.478 e. The Labute approximate surface area is 120 Å². The number of hydrogen-bond acceptors (Lipinski definition) is 5.